The van der Waals surface area contributed by atoms with E-state index in [4.69, 9.17) is 5.73 Å². The molecular formula is C17H21N3OS. The second kappa shape index (κ2) is 6.92. The molecule has 4 nitrogen and oxygen atoms in total. The quantitative estimate of drug-likeness (QED) is 0.669. The number of fused-ring (bicyclic) bond motifs is 1. The Labute approximate surface area is 134 Å². The summed E-state index contributed by atoms with van der Waals surface area (Å²) in [6.07, 6.45) is 6.95. The van der Waals surface area contributed by atoms with Crippen molar-refractivity contribution in [2.24, 2.45) is 0 Å². The monoisotopic (exact) mass is 315 g/mol. The van der Waals surface area contributed by atoms with Crippen LogP contribution in [-0.2, 0) is 24.1 Å². The number of nitrogens with one attached hydrogen (secondary N) is 1. The maximum absolute atomic E-state index is 12.1. The molecule has 0 saturated heterocycles. The van der Waals surface area contributed by atoms with Crippen LogP contribution < -0.4 is 11.1 Å². The maximum Gasteiger partial charge on any atom is 0.226 e. The normalized spacial score (nSPS) is 14.2. The molecule has 0 saturated carbocycles. The van der Waals surface area contributed by atoms with Crippen LogP contribution in [0.2, 0.25) is 0 Å². The molecule has 0 unspecified atom stereocenters. The molecule has 0 fully saturated rings. The lowest BCUT2D eigenvalue weighted by Crippen LogP contribution is -2.12. The highest BCUT2D eigenvalue weighted by molar-refractivity contribution is 7.15. The van der Waals surface area contributed by atoms with Gasteiger partial charge in [-0.2, -0.15) is 0 Å². The first-order chi connectivity index (χ1) is 10.7. The van der Waals surface area contributed by atoms with Crippen LogP contribution in [0.1, 0.15) is 41.8 Å². The van der Waals surface area contributed by atoms with Crippen molar-refractivity contribution in [3.63, 3.8) is 0 Å². The molecule has 1 amide bonds. The van der Waals surface area contributed by atoms with Crippen LogP contribution in [0.15, 0.2) is 24.3 Å². The molecule has 0 aliphatic heterocycles. The van der Waals surface area contributed by atoms with E-state index in [0.29, 0.717) is 12.8 Å². The third-order valence-corrected chi connectivity index (χ3v) is 5.09. The van der Waals surface area contributed by atoms with E-state index < -0.39 is 0 Å². The summed E-state index contributed by atoms with van der Waals surface area (Å²) in [6.45, 7) is 0. The average Bonchev–Trinajstić information content (AvgIpc) is 2.75. The van der Waals surface area contributed by atoms with Crippen molar-refractivity contribution in [1.82, 2.24) is 4.98 Å². The largest absolute Gasteiger partial charge is 0.399 e. The number of nitrogen functional groups attached to an aromatic ring is 1. The van der Waals surface area contributed by atoms with E-state index in [1.807, 2.05) is 24.3 Å². The molecule has 0 radical (unpaired) electrons. The van der Waals surface area contributed by atoms with Crippen LogP contribution in [0.4, 0.5) is 10.8 Å². The second-order valence-electron chi connectivity index (χ2n) is 5.70. The minimum Gasteiger partial charge on any atom is -0.399 e. The van der Waals surface area contributed by atoms with Crippen molar-refractivity contribution >= 4 is 28.1 Å². The van der Waals surface area contributed by atoms with Gasteiger partial charge in [0.25, 0.3) is 0 Å². The summed E-state index contributed by atoms with van der Waals surface area (Å²) in [6, 6.07) is 7.68. The molecule has 116 valence electrons. The van der Waals surface area contributed by atoms with E-state index in [-0.39, 0.29) is 5.91 Å². The molecule has 0 bridgehead atoms. The van der Waals surface area contributed by atoms with Crippen LogP contribution in [0.3, 0.4) is 0 Å². The number of rotatable bonds is 4. The van der Waals surface area contributed by atoms with Gasteiger partial charge < -0.3 is 11.1 Å². The van der Waals surface area contributed by atoms with Crippen molar-refractivity contribution in [2.45, 2.75) is 44.9 Å². The Hall–Kier alpha value is -1.88. The standard InChI is InChI=1S/C17H21N3OS/c18-13-7-5-4-6-12(13)10-11-16(21)20-17-19-14-8-2-1-3-9-15(14)22-17/h4-7H,1-3,8-11,18H2,(H,19,20,21). The average molecular weight is 315 g/mol. The lowest BCUT2D eigenvalue weighted by molar-refractivity contribution is -0.116. The van der Waals surface area contributed by atoms with Crippen LogP contribution in [0.5, 0.6) is 0 Å². The van der Waals surface area contributed by atoms with Gasteiger partial charge in [0.05, 0.1) is 5.69 Å². The number of para-hydroxylation sites is 1. The van der Waals surface area contributed by atoms with Crippen molar-refractivity contribution in [3.05, 3.63) is 40.4 Å². The number of carbonyl (C=O) groups is 1. The topological polar surface area (TPSA) is 68.0 Å². The molecule has 2 aromatic rings. The number of carbonyl (C=O) groups excluding carboxylic acids is 1. The molecule has 0 atom stereocenters. The molecule has 0 spiro atoms. The molecular weight excluding hydrogens is 294 g/mol. The first-order valence-electron chi connectivity index (χ1n) is 7.84. The lowest BCUT2D eigenvalue weighted by atomic mass is 10.1. The number of hydrogen-bond acceptors (Lipinski definition) is 4. The number of amides is 1. The molecule has 1 aliphatic rings. The molecule has 1 aromatic carbocycles. The lowest BCUT2D eigenvalue weighted by Gasteiger charge is -2.05. The summed E-state index contributed by atoms with van der Waals surface area (Å²) >= 11 is 1.63. The number of aryl methyl sites for hydroxylation is 3. The minimum atomic E-state index is 0.00663. The van der Waals surface area contributed by atoms with Gasteiger partial charge in [-0.3, -0.25) is 4.79 Å². The fourth-order valence-corrected chi connectivity index (χ4v) is 3.84. The van der Waals surface area contributed by atoms with Gasteiger partial charge in [-0.25, -0.2) is 4.98 Å². The van der Waals surface area contributed by atoms with E-state index >= 15 is 0 Å². The van der Waals surface area contributed by atoms with Gasteiger partial charge in [0, 0.05) is 17.0 Å². The van der Waals surface area contributed by atoms with Crippen molar-refractivity contribution < 1.29 is 4.79 Å². The summed E-state index contributed by atoms with van der Waals surface area (Å²) in [5.74, 6) is 0.00663. The Morgan fingerprint density at radius 2 is 2.05 bits per heavy atom. The number of hydrogen-bond donors (Lipinski definition) is 2. The first-order valence-corrected chi connectivity index (χ1v) is 8.66. The number of thiazole rings is 1. The predicted molar refractivity (Wildman–Crippen MR) is 91.2 cm³/mol. The Morgan fingerprint density at radius 3 is 2.91 bits per heavy atom. The van der Waals surface area contributed by atoms with Gasteiger partial charge >= 0.3 is 0 Å². The first kappa shape index (κ1) is 15.0. The Morgan fingerprint density at radius 1 is 1.23 bits per heavy atom. The van der Waals surface area contributed by atoms with Gasteiger partial charge in [-0.1, -0.05) is 24.6 Å². The van der Waals surface area contributed by atoms with Crippen molar-refractivity contribution in [2.75, 3.05) is 11.1 Å². The molecule has 3 rings (SSSR count). The number of aromatic nitrogens is 1. The highest BCUT2D eigenvalue weighted by Gasteiger charge is 2.15. The van der Waals surface area contributed by atoms with E-state index in [2.05, 4.69) is 10.3 Å². The highest BCUT2D eigenvalue weighted by Crippen LogP contribution is 2.29. The summed E-state index contributed by atoms with van der Waals surface area (Å²) in [5, 5.41) is 3.68. The van der Waals surface area contributed by atoms with Crippen LogP contribution >= 0.6 is 11.3 Å². The summed E-state index contributed by atoms with van der Waals surface area (Å²) < 4.78 is 0. The molecule has 1 aliphatic carbocycles. The smallest absolute Gasteiger partial charge is 0.226 e. The van der Waals surface area contributed by atoms with E-state index in [9.17, 15) is 4.79 Å². The molecule has 1 heterocycles. The summed E-state index contributed by atoms with van der Waals surface area (Å²) in [7, 11) is 0. The minimum absolute atomic E-state index is 0.00663. The SMILES string of the molecule is Nc1ccccc1CCC(=O)Nc1nc2c(s1)CCCCC2. The zero-order valence-corrected chi connectivity index (χ0v) is 13.4. The van der Waals surface area contributed by atoms with E-state index in [1.165, 1.54) is 29.8 Å². The third kappa shape index (κ3) is 3.65. The van der Waals surface area contributed by atoms with Gasteiger partial charge in [0.15, 0.2) is 5.13 Å². The summed E-state index contributed by atoms with van der Waals surface area (Å²) in [5.41, 5.74) is 8.85. The molecule has 3 N–H and O–H groups in total. The van der Waals surface area contributed by atoms with Crippen molar-refractivity contribution in [3.8, 4) is 0 Å². The fraction of sp³-hybridized carbons (Fsp3) is 0.412. The fourth-order valence-electron chi connectivity index (χ4n) is 2.77. The number of nitrogens with two attached hydrogens (primary N) is 1. The van der Waals surface area contributed by atoms with Gasteiger partial charge in [-0.05, 0) is 43.7 Å². The Kier molecular flexibility index (Phi) is 4.73. The predicted octanol–water partition coefficient (Wildman–Crippen LogP) is 3.57. The summed E-state index contributed by atoms with van der Waals surface area (Å²) in [4.78, 5) is 18.0. The Bertz CT molecular complexity index is 642. The second-order valence-corrected chi connectivity index (χ2v) is 6.78. The molecule has 1 aromatic heterocycles. The molecule has 5 heteroatoms. The number of benzene rings is 1. The zero-order valence-electron chi connectivity index (χ0n) is 12.6. The van der Waals surface area contributed by atoms with E-state index in [1.54, 1.807) is 11.3 Å². The van der Waals surface area contributed by atoms with Gasteiger partial charge in [0.2, 0.25) is 5.91 Å². The Balaban J connectivity index is 1.57. The number of anilines is 2. The van der Waals surface area contributed by atoms with Crippen molar-refractivity contribution in [1.29, 1.82) is 0 Å². The maximum atomic E-state index is 12.1. The van der Waals surface area contributed by atoms with Gasteiger partial charge in [-0.15, -0.1) is 11.3 Å². The van der Waals surface area contributed by atoms with Gasteiger partial charge in [0.1, 0.15) is 0 Å². The third-order valence-electron chi connectivity index (χ3n) is 4.02. The number of nitrogens with zero attached hydrogens (tertiary/aromatic N) is 1. The molecule has 22 heavy (non-hydrogen) atoms. The van der Waals surface area contributed by atoms with Crippen LogP contribution in [0, 0.1) is 0 Å². The van der Waals surface area contributed by atoms with E-state index in [0.717, 1.165) is 29.2 Å². The van der Waals surface area contributed by atoms with Crippen LogP contribution in [-0.4, -0.2) is 10.9 Å². The highest BCUT2D eigenvalue weighted by atomic mass is 32.1. The zero-order chi connectivity index (χ0) is 15.4. The van der Waals surface area contributed by atoms with Crippen LogP contribution in [0.25, 0.3) is 0 Å².